The summed E-state index contributed by atoms with van der Waals surface area (Å²) < 4.78 is 5.79. The average Bonchev–Trinajstić information content (AvgIpc) is 3.46. The van der Waals surface area contributed by atoms with Gasteiger partial charge in [-0.3, -0.25) is 9.69 Å². The molecule has 2 saturated heterocycles. The van der Waals surface area contributed by atoms with E-state index in [0.29, 0.717) is 6.54 Å². The molecule has 1 atom stereocenters. The first-order valence-corrected chi connectivity index (χ1v) is 11.2. The van der Waals surface area contributed by atoms with E-state index in [0.717, 1.165) is 51.3 Å². The number of thiophene rings is 1. The Balaban J connectivity index is 1.33. The highest BCUT2D eigenvalue weighted by Gasteiger charge is 2.21. The van der Waals surface area contributed by atoms with Crippen LogP contribution in [0, 0.1) is 0 Å². The number of anilines is 2. The largest absolute Gasteiger partial charge is 0.377 e. The average molecular weight is 400 g/mol. The second kappa shape index (κ2) is 9.54. The summed E-state index contributed by atoms with van der Waals surface area (Å²) in [6, 6.07) is 12.4. The number of benzene rings is 1. The molecule has 1 amide bonds. The van der Waals surface area contributed by atoms with E-state index < -0.39 is 0 Å². The van der Waals surface area contributed by atoms with Gasteiger partial charge in [0.2, 0.25) is 5.91 Å². The fourth-order valence-corrected chi connectivity index (χ4v) is 4.76. The Bertz CT molecular complexity index is 736. The molecule has 1 aromatic carbocycles. The molecule has 0 unspecified atom stereocenters. The summed E-state index contributed by atoms with van der Waals surface area (Å²) in [7, 11) is 0. The maximum atomic E-state index is 12.7. The van der Waals surface area contributed by atoms with Crippen molar-refractivity contribution in [3.8, 4) is 0 Å². The first-order chi connectivity index (χ1) is 13.8. The molecule has 0 bridgehead atoms. The number of amides is 1. The van der Waals surface area contributed by atoms with E-state index >= 15 is 0 Å². The molecule has 28 heavy (non-hydrogen) atoms. The SMILES string of the molecule is O=C(CN(Cc1cccs1)C[C@@H]1CCCO1)Nc1ccc(N2CCCC2)cc1. The van der Waals surface area contributed by atoms with E-state index in [4.69, 9.17) is 4.74 Å². The molecular weight excluding hydrogens is 370 g/mol. The van der Waals surface area contributed by atoms with Crippen LogP contribution in [0.2, 0.25) is 0 Å². The fraction of sp³-hybridized carbons (Fsp3) is 0.500. The van der Waals surface area contributed by atoms with Crippen molar-refractivity contribution in [2.45, 2.75) is 38.3 Å². The summed E-state index contributed by atoms with van der Waals surface area (Å²) in [5, 5.41) is 5.14. The summed E-state index contributed by atoms with van der Waals surface area (Å²) in [4.78, 5) is 18.5. The quantitative estimate of drug-likeness (QED) is 0.730. The normalized spacial score (nSPS) is 19.5. The van der Waals surface area contributed by atoms with E-state index in [9.17, 15) is 4.79 Å². The summed E-state index contributed by atoms with van der Waals surface area (Å²) in [6.45, 7) is 5.08. The van der Waals surface area contributed by atoms with Crippen LogP contribution in [-0.4, -0.2) is 49.7 Å². The zero-order valence-electron chi connectivity index (χ0n) is 16.3. The molecule has 2 aromatic rings. The van der Waals surface area contributed by atoms with Crippen LogP contribution in [0.3, 0.4) is 0 Å². The monoisotopic (exact) mass is 399 g/mol. The minimum atomic E-state index is 0.0310. The zero-order chi connectivity index (χ0) is 19.2. The minimum Gasteiger partial charge on any atom is -0.377 e. The van der Waals surface area contributed by atoms with Crippen molar-refractivity contribution in [3.05, 3.63) is 46.7 Å². The van der Waals surface area contributed by atoms with Gasteiger partial charge in [0.1, 0.15) is 0 Å². The third kappa shape index (κ3) is 5.34. The second-order valence-electron chi connectivity index (χ2n) is 7.67. The lowest BCUT2D eigenvalue weighted by atomic mass is 10.2. The third-order valence-electron chi connectivity index (χ3n) is 5.43. The summed E-state index contributed by atoms with van der Waals surface area (Å²) in [5.41, 5.74) is 2.11. The molecule has 0 saturated carbocycles. The molecule has 0 radical (unpaired) electrons. The van der Waals surface area contributed by atoms with Crippen LogP contribution >= 0.6 is 11.3 Å². The Morgan fingerprint density at radius 1 is 1.18 bits per heavy atom. The Morgan fingerprint density at radius 2 is 2.00 bits per heavy atom. The second-order valence-corrected chi connectivity index (χ2v) is 8.71. The molecule has 0 aliphatic carbocycles. The molecule has 0 spiro atoms. The molecule has 2 aliphatic heterocycles. The van der Waals surface area contributed by atoms with Gasteiger partial charge in [-0.25, -0.2) is 0 Å². The highest BCUT2D eigenvalue weighted by molar-refractivity contribution is 7.09. The molecule has 150 valence electrons. The van der Waals surface area contributed by atoms with Crippen LogP contribution < -0.4 is 10.2 Å². The van der Waals surface area contributed by atoms with Crippen LogP contribution in [0.5, 0.6) is 0 Å². The lowest BCUT2D eigenvalue weighted by molar-refractivity contribution is -0.117. The van der Waals surface area contributed by atoms with Crippen molar-refractivity contribution in [3.63, 3.8) is 0 Å². The van der Waals surface area contributed by atoms with Gasteiger partial charge < -0.3 is 15.0 Å². The van der Waals surface area contributed by atoms with E-state index in [2.05, 4.69) is 44.8 Å². The molecule has 1 N–H and O–H groups in total. The topological polar surface area (TPSA) is 44.8 Å². The van der Waals surface area contributed by atoms with Crippen LogP contribution in [-0.2, 0) is 16.1 Å². The van der Waals surface area contributed by atoms with Gasteiger partial charge in [-0.05, 0) is 61.4 Å². The number of carbonyl (C=O) groups excluding carboxylic acids is 1. The Labute approximate surface area is 171 Å². The highest BCUT2D eigenvalue weighted by Crippen LogP contribution is 2.22. The van der Waals surface area contributed by atoms with Gasteiger partial charge in [0.15, 0.2) is 0 Å². The highest BCUT2D eigenvalue weighted by atomic mass is 32.1. The fourth-order valence-electron chi connectivity index (χ4n) is 4.02. The lowest BCUT2D eigenvalue weighted by Gasteiger charge is -2.24. The van der Waals surface area contributed by atoms with Crippen LogP contribution in [0.25, 0.3) is 0 Å². The first kappa shape index (κ1) is 19.4. The standard InChI is InChI=1S/C22H29N3O2S/c26-22(23-18-7-9-19(10-8-18)25-11-1-2-12-25)17-24(15-20-5-3-13-27-20)16-21-6-4-14-28-21/h4,6-10,14,20H,1-3,5,11-13,15-17H2,(H,23,26)/t20-/m0/s1. The molecule has 2 fully saturated rings. The molecule has 5 nitrogen and oxygen atoms in total. The van der Waals surface area contributed by atoms with Crippen LogP contribution in [0.4, 0.5) is 11.4 Å². The molecular formula is C22H29N3O2S. The van der Waals surface area contributed by atoms with Gasteiger partial charge in [-0.15, -0.1) is 11.3 Å². The van der Waals surface area contributed by atoms with Crippen molar-refractivity contribution < 1.29 is 9.53 Å². The maximum Gasteiger partial charge on any atom is 0.238 e. The molecule has 6 heteroatoms. The number of hydrogen-bond acceptors (Lipinski definition) is 5. The van der Waals surface area contributed by atoms with Crippen molar-refractivity contribution >= 4 is 28.6 Å². The van der Waals surface area contributed by atoms with Gasteiger partial charge in [-0.2, -0.15) is 0 Å². The van der Waals surface area contributed by atoms with E-state index in [1.165, 1.54) is 23.4 Å². The van der Waals surface area contributed by atoms with E-state index in [-0.39, 0.29) is 12.0 Å². The summed E-state index contributed by atoms with van der Waals surface area (Å²) in [6.07, 6.45) is 4.98. The summed E-state index contributed by atoms with van der Waals surface area (Å²) >= 11 is 1.73. The molecule has 1 aromatic heterocycles. The number of nitrogens with one attached hydrogen (secondary N) is 1. The van der Waals surface area contributed by atoms with Crippen molar-refractivity contribution in [2.75, 3.05) is 43.0 Å². The minimum absolute atomic E-state index is 0.0310. The van der Waals surface area contributed by atoms with Gasteiger partial charge in [-0.1, -0.05) is 6.07 Å². The van der Waals surface area contributed by atoms with Crippen LogP contribution in [0.15, 0.2) is 41.8 Å². The number of carbonyl (C=O) groups is 1. The van der Waals surface area contributed by atoms with Gasteiger partial charge >= 0.3 is 0 Å². The van der Waals surface area contributed by atoms with Gasteiger partial charge in [0.25, 0.3) is 0 Å². The number of ether oxygens (including phenoxy) is 1. The van der Waals surface area contributed by atoms with Gasteiger partial charge in [0.05, 0.1) is 12.6 Å². The van der Waals surface area contributed by atoms with Crippen molar-refractivity contribution in [1.82, 2.24) is 4.90 Å². The number of rotatable bonds is 8. The van der Waals surface area contributed by atoms with Crippen molar-refractivity contribution in [2.24, 2.45) is 0 Å². The zero-order valence-corrected chi connectivity index (χ0v) is 17.1. The Hall–Kier alpha value is -1.89. The smallest absolute Gasteiger partial charge is 0.238 e. The molecule has 2 aliphatic rings. The maximum absolute atomic E-state index is 12.7. The van der Waals surface area contributed by atoms with E-state index in [1.54, 1.807) is 11.3 Å². The van der Waals surface area contributed by atoms with Gasteiger partial charge in [0, 0.05) is 49.0 Å². The predicted molar refractivity (Wildman–Crippen MR) is 115 cm³/mol. The molecule has 3 heterocycles. The third-order valence-corrected chi connectivity index (χ3v) is 6.30. The van der Waals surface area contributed by atoms with Crippen LogP contribution in [0.1, 0.15) is 30.6 Å². The molecule has 4 rings (SSSR count). The van der Waals surface area contributed by atoms with Crippen molar-refractivity contribution in [1.29, 1.82) is 0 Å². The first-order valence-electron chi connectivity index (χ1n) is 10.3. The summed E-state index contributed by atoms with van der Waals surface area (Å²) in [5.74, 6) is 0.0310. The Morgan fingerprint density at radius 3 is 2.68 bits per heavy atom. The number of hydrogen-bond donors (Lipinski definition) is 1. The lowest BCUT2D eigenvalue weighted by Crippen LogP contribution is -2.37. The predicted octanol–water partition coefficient (Wildman–Crippen LogP) is 3.97. The van der Waals surface area contributed by atoms with E-state index in [1.807, 2.05) is 12.1 Å². The Kier molecular flexibility index (Phi) is 6.62. The number of nitrogens with zero attached hydrogens (tertiary/aromatic N) is 2.